The van der Waals surface area contributed by atoms with Gasteiger partial charge in [0.1, 0.15) is 0 Å². The summed E-state index contributed by atoms with van der Waals surface area (Å²) in [4.78, 5) is 0. The van der Waals surface area contributed by atoms with E-state index in [0.29, 0.717) is 6.60 Å². The van der Waals surface area contributed by atoms with E-state index in [2.05, 4.69) is 20.8 Å². The minimum absolute atomic E-state index is 0.278. The molecule has 0 aliphatic heterocycles. The smallest absolute Gasteiger partial charge is 0.0928 e. The van der Waals surface area contributed by atoms with Crippen LogP contribution in [0.3, 0.4) is 0 Å². The second-order valence-corrected chi connectivity index (χ2v) is 3.15. The monoisotopic (exact) mass is 94.1 g/mol. The molecule has 7 heavy (non-hydrogen) atoms. The zero-order valence-corrected chi connectivity index (χ0v) is 5.65. The first-order valence-electron chi connectivity index (χ1n) is 2.70. The quantitative estimate of drug-likeness (QED) is 0.399. The molecule has 0 aliphatic rings. The Morgan fingerprint density at radius 1 is 1.29 bits per heavy atom. The summed E-state index contributed by atoms with van der Waals surface area (Å²) < 4.78 is 0. The fraction of sp³-hybridized carbons (Fsp3) is 1.00. The van der Waals surface area contributed by atoms with Crippen LogP contribution >= 0.6 is 0 Å². The fourth-order valence-corrected chi connectivity index (χ4v) is 0. The highest BCUT2D eigenvalue weighted by molar-refractivity contribution is 7.04. The first kappa shape index (κ1) is 7.13. The van der Waals surface area contributed by atoms with Gasteiger partial charge in [0, 0.05) is 7.74 Å². The second kappa shape index (κ2) is 1.94. The molecule has 2 radical (unpaired) electrons. The summed E-state index contributed by atoms with van der Waals surface area (Å²) in [6.07, 6.45) is 0. The molecule has 2 heteroatoms. The largest absolute Gasteiger partial charge is 0.0937 e. The summed E-state index contributed by atoms with van der Waals surface area (Å²) in [6.45, 7) is 8.74. The lowest BCUT2D eigenvalue weighted by atomic mass is 9.23. The van der Waals surface area contributed by atoms with Crippen molar-refractivity contribution in [1.82, 2.24) is 0 Å². The summed E-state index contributed by atoms with van der Waals surface area (Å²) in [7, 11) is 5.57. The standard InChI is InChI=1S/C5H12B2/c1-5(2,3)7(4)6/h1-4H3. The lowest BCUT2D eigenvalue weighted by Gasteiger charge is -2.20. The Labute approximate surface area is 48.2 Å². The molecule has 0 amide bonds. The van der Waals surface area contributed by atoms with Gasteiger partial charge in [-0.15, -0.1) is 0 Å². The molecular weight excluding hydrogens is 81.7 g/mol. The van der Waals surface area contributed by atoms with Crippen LogP contribution < -0.4 is 0 Å². The van der Waals surface area contributed by atoms with Crippen LogP contribution in [0.2, 0.25) is 12.1 Å². The van der Waals surface area contributed by atoms with Crippen molar-refractivity contribution >= 4 is 14.3 Å². The molecule has 0 rings (SSSR count). The zero-order valence-electron chi connectivity index (χ0n) is 5.65. The number of rotatable bonds is 0. The zero-order chi connectivity index (χ0) is 6.08. The Kier molecular flexibility index (Phi) is 1.97. The van der Waals surface area contributed by atoms with Crippen molar-refractivity contribution in [2.45, 2.75) is 32.9 Å². The summed E-state index contributed by atoms with van der Waals surface area (Å²) in [6, 6.07) is 0. The van der Waals surface area contributed by atoms with Gasteiger partial charge in [0.05, 0.1) is 6.60 Å². The van der Waals surface area contributed by atoms with Crippen molar-refractivity contribution in [3.63, 3.8) is 0 Å². The van der Waals surface area contributed by atoms with Crippen molar-refractivity contribution in [2.24, 2.45) is 0 Å². The van der Waals surface area contributed by atoms with Crippen LogP contribution in [0.1, 0.15) is 20.8 Å². The topological polar surface area (TPSA) is 0 Å². The predicted octanol–water partition coefficient (Wildman–Crippen LogP) is 1.58. The average molecular weight is 93.8 g/mol. The van der Waals surface area contributed by atoms with E-state index in [1.165, 1.54) is 0 Å². The van der Waals surface area contributed by atoms with E-state index in [1.54, 1.807) is 0 Å². The number of hydrogen-bond donors (Lipinski definition) is 0. The molecule has 0 aromatic carbocycles. The maximum absolute atomic E-state index is 5.57. The van der Waals surface area contributed by atoms with Crippen molar-refractivity contribution < 1.29 is 0 Å². The SMILES string of the molecule is [B]B(C)C(C)(C)C. The molecular formula is C5H12B2. The van der Waals surface area contributed by atoms with Crippen molar-refractivity contribution in [3.05, 3.63) is 0 Å². The van der Waals surface area contributed by atoms with Gasteiger partial charge in [-0.05, 0) is 0 Å². The third kappa shape index (κ3) is 2.78. The van der Waals surface area contributed by atoms with E-state index in [1.807, 2.05) is 6.82 Å². The van der Waals surface area contributed by atoms with E-state index in [-0.39, 0.29) is 5.31 Å². The minimum Gasteiger partial charge on any atom is -0.0928 e. The first-order chi connectivity index (χ1) is 2.94. The molecule has 0 saturated heterocycles. The van der Waals surface area contributed by atoms with Gasteiger partial charge in [0.15, 0.2) is 0 Å². The van der Waals surface area contributed by atoms with Gasteiger partial charge in [-0.3, -0.25) is 0 Å². The molecule has 0 aliphatic carbocycles. The van der Waals surface area contributed by atoms with Crippen LogP contribution in [0.25, 0.3) is 0 Å². The lowest BCUT2D eigenvalue weighted by molar-refractivity contribution is 0.751. The Morgan fingerprint density at radius 2 is 1.43 bits per heavy atom. The van der Waals surface area contributed by atoms with Crippen LogP contribution in [-0.4, -0.2) is 14.3 Å². The van der Waals surface area contributed by atoms with Crippen molar-refractivity contribution in [3.8, 4) is 0 Å². The third-order valence-corrected chi connectivity index (χ3v) is 1.37. The molecule has 0 fully saturated rings. The normalized spacial score (nSPS) is 11.4. The highest BCUT2D eigenvalue weighted by Gasteiger charge is 2.16. The van der Waals surface area contributed by atoms with Gasteiger partial charge in [-0.25, -0.2) is 0 Å². The molecule has 0 spiro atoms. The van der Waals surface area contributed by atoms with E-state index in [4.69, 9.17) is 7.74 Å². The molecule has 0 N–H and O–H groups in total. The maximum Gasteiger partial charge on any atom is 0.0937 e. The molecule has 0 atom stereocenters. The van der Waals surface area contributed by atoms with Gasteiger partial charge in [-0.2, -0.15) is 0 Å². The Bertz CT molecular complexity index is 51.6. The Hall–Kier alpha value is 0.130. The van der Waals surface area contributed by atoms with E-state index in [9.17, 15) is 0 Å². The van der Waals surface area contributed by atoms with Gasteiger partial charge in [0.2, 0.25) is 0 Å². The van der Waals surface area contributed by atoms with Crippen LogP contribution in [0.5, 0.6) is 0 Å². The Morgan fingerprint density at radius 3 is 1.43 bits per heavy atom. The molecule has 0 nitrogen and oxygen atoms in total. The van der Waals surface area contributed by atoms with Crippen molar-refractivity contribution in [2.75, 3.05) is 0 Å². The minimum atomic E-state index is 0.278. The van der Waals surface area contributed by atoms with Crippen LogP contribution in [0.15, 0.2) is 0 Å². The van der Waals surface area contributed by atoms with E-state index >= 15 is 0 Å². The van der Waals surface area contributed by atoms with Crippen LogP contribution in [-0.2, 0) is 0 Å². The Balaban J connectivity index is 3.54. The fourth-order valence-electron chi connectivity index (χ4n) is 0. The van der Waals surface area contributed by atoms with E-state index < -0.39 is 0 Å². The molecule has 0 bridgehead atoms. The molecule has 0 unspecified atom stereocenters. The molecule has 38 valence electrons. The summed E-state index contributed by atoms with van der Waals surface area (Å²) in [5.41, 5.74) is 0. The van der Waals surface area contributed by atoms with Crippen molar-refractivity contribution in [1.29, 1.82) is 0 Å². The maximum atomic E-state index is 5.57. The van der Waals surface area contributed by atoms with Crippen LogP contribution in [0.4, 0.5) is 0 Å². The van der Waals surface area contributed by atoms with Gasteiger partial charge in [-0.1, -0.05) is 32.9 Å². The molecule has 0 aromatic rings. The summed E-state index contributed by atoms with van der Waals surface area (Å²) >= 11 is 0. The molecule has 0 aromatic heterocycles. The molecule has 0 heterocycles. The average Bonchev–Trinajstić information content (AvgIpc) is 1.31. The number of hydrogen-bond acceptors (Lipinski definition) is 0. The highest BCUT2D eigenvalue weighted by Crippen LogP contribution is 2.23. The highest BCUT2D eigenvalue weighted by atomic mass is 14.0. The first-order valence-corrected chi connectivity index (χ1v) is 2.70. The van der Waals surface area contributed by atoms with E-state index in [0.717, 1.165) is 0 Å². The summed E-state index contributed by atoms with van der Waals surface area (Å²) in [5.74, 6) is 0. The second-order valence-electron chi connectivity index (χ2n) is 3.15. The molecule has 0 saturated carbocycles. The lowest BCUT2D eigenvalue weighted by Crippen LogP contribution is -2.21. The van der Waals surface area contributed by atoms with Gasteiger partial charge < -0.3 is 0 Å². The van der Waals surface area contributed by atoms with Gasteiger partial charge in [0.25, 0.3) is 0 Å². The third-order valence-electron chi connectivity index (χ3n) is 1.37. The summed E-state index contributed by atoms with van der Waals surface area (Å²) in [5, 5.41) is 0.278. The van der Waals surface area contributed by atoms with Crippen LogP contribution in [0, 0.1) is 0 Å². The predicted molar refractivity (Wildman–Crippen MR) is 37.1 cm³/mol. The van der Waals surface area contributed by atoms with Gasteiger partial charge >= 0.3 is 0 Å².